The molecule has 0 saturated heterocycles. The van der Waals surface area contributed by atoms with E-state index in [4.69, 9.17) is 11.6 Å². The summed E-state index contributed by atoms with van der Waals surface area (Å²) in [4.78, 5) is 14.2. The lowest BCUT2D eigenvalue weighted by atomic mass is 10.2. The number of fused-ring (bicyclic) bond motifs is 3. The van der Waals surface area contributed by atoms with Crippen molar-refractivity contribution in [1.29, 1.82) is 0 Å². The van der Waals surface area contributed by atoms with Gasteiger partial charge in [-0.1, -0.05) is 17.7 Å². The lowest BCUT2D eigenvalue weighted by molar-refractivity contribution is 1.13. The molecule has 0 amide bonds. The summed E-state index contributed by atoms with van der Waals surface area (Å²) >= 11 is 5.92. The number of nitrogens with one attached hydrogen (secondary N) is 1. The third-order valence-electron chi connectivity index (χ3n) is 2.47. The molecule has 0 radical (unpaired) electrons. The first-order chi connectivity index (χ1) is 7.25. The van der Waals surface area contributed by atoms with Crippen LogP contribution < -0.4 is 5.56 Å². The van der Waals surface area contributed by atoms with E-state index in [-0.39, 0.29) is 5.56 Å². The van der Waals surface area contributed by atoms with Crippen molar-refractivity contribution in [2.75, 3.05) is 0 Å². The Labute approximate surface area is 89.9 Å². The molecule has 0 aliphatic rings. The Morgan fingerprint density at radius 2 is 2.07 bits per heavy atom. The van der Waals surface area contributed by atoms with E-state index in [9.17, 15) is 4.79 Å². The van der Waals surface area contributed by atoms with Crippen molar-refractivity contribution in [3.8, 4) is 0 Å². The summed E-state index contributed by atoms with van der Waals surface area (Å²) in [5.41, 5.74) is 1.49. The van der Waals surface area contributed by atoms with Gasteiger partial charge in [-0.2, -0.15) is 0 Å². The van der Waals surface area contributed by atoms with Crippen LogP contribution in [0.4, 0.5) is 0 Å². The minimum absolute atomic E-state index is 0.0928. The Kier molecular flexibility index (Phi) is 1.64. The molecule has 1 N–H and O–H groups in total. The molecule has 4 heteroatoms. The molecule has 0 fully saturated rings. The molecule has 0 aliphatic carbocycles. The van der Waals surface area contributed by atoms with E-state index in [1.807, 2.05) is 34.9 Å². The van der Waals surface area contributed by atoms with Gasteiger partial charge in [-0.3, -0.25) is 4.79 Å². The summed E-state index contributed by atoms with van der Waals surface area (Å²) in [6, 6.07) is 7.43. The van der Waals surface area contributed by atoms with Crippen molar-refractivity contribution in [2.24, 2.45) is 0 Å². The summed E-state index contributed by atoms with van der Waals surface area (Å²) in [6.07, 6.45) is 3.44. The molecular weight excluding hydrogens is 212 g/mol. The van der Waals surface area contributed by atoms with Crippen LogP contribution in [0.2, 0.25) is 5.02 Å². The Bertz CT molecular complexity index is 711. The van der Waals surface area contributed by atoms with Gasteiger partial charge in [0.15, 0.2) is 0 Å². The third-order valence-corrected chi connectivity index (χ3v) is 2.71. The van der Waals surface area contributed by atoms with E-state index >= 15 is 0 Å². The van der Waals surface area contributed by atoms with Crippen LogP contribution in [0.15, 0.2) is 41.5 Å². The van der Waals surface area contributed by atoms with Crippen LogP contribution in [0.1, 0.15) is 0 Å². The van der Waals surface area contributed by atoms with Gasteiger partial charge in [0.25, 0.3) is 5.56 Å². The van der Waals surface area contributed by atoms with Crippen molar-refractivity contribution in [2.45, 2.75) is 0 Å². The topological polar surface area (TPSA) is 37.3 Å². The summed E-state index contributed by atoms with van der Waals surface area (Å²) in [6.45, 7) is 0. The van der Waals surface area contributed by atoms with E-state index < -0.39 is 0 Å². The minimum atomic E-state index is -0.0928. The van der Waals surface area contributed by atoms with Crippen LogP contribution in [-0.4, -0.2) is 9.38 Å². The fourth-order valence-corrected chi connectivity index (χ4v) is 1.96. The normalized spacial score (nSPS) is 11.3. The number of hydrogen-bond acceptors (Lipinski definition) is 1. The van der Waals surface area contributed by atoms with Crippen LogP contribution >= 0.6 is 11.6 Å². The van der Waals surface area contributed by atoms with Gasteiger partial charge in [0.05, 0.1) is 5.52 Å². The molecular formula is C11H7ClN2O. The van der Waals surface area contributed by atoms with Crippen molar-refractivity contribution in [3.05, 3.63) is 52.0 Å². The second-order valence-electron chi connectivity index (χ2n) is 3.39. The summed E-state index contributed by atoms with van der Waals surface area (Å²) < 4.78 is 1.83. The highest BCUT2D eigenvalue weighted by Gasteiger charge is 2.04. The van der Waals surface area contributed by atoms with Crippen molar-refractivity contribution in [1.82, 2.24) is 9.38 Å². The third kappa shape index (κ3) is 1.17. The average Bonchev–Trinajstić information content (AvgIpc) is 2.58. The molecule has 0 aliphatic heterocycles. The SMILES string of the molecule is O=c1[nH]ccn2c1cc1ccc(Cl)cc12. The van der Waals surface area contributed by atoms with Crippen LogP contribution in [0.3, 0.4) is 0 Å². The van der Waals surface area contributed by atoms with Gasteiger partial charge in [0.1, 0.15) is 5.52 Å². The van der Waals surface area contributed by atoms with Crippen LogP contribution in [0.5, 0.6) is 0 Å². The average molecular weight is 219 g/mol. The second-order valence-corrected chi connectivity index (χ2v) is 3.83. The van der Waals surface area contributed by atoms with Gasteiger partial charge in [-0.25, -0.2) is 0 Å². The lowest BCUT2D eigenvalue weighted by Crippen LogP contribution is -2.06. The zero-order valence-corrected chi connectivity index (χ0v) is 8.45. The van der Waals surface area contributed by atoms with Gasteiger partial charge >= 0.3 is 0 Å². The molecule has 74 valence electrons. The Hall–Kier alpha value is -1.74. The van der Waals surface area contributed by atoms with Gasteiger partial charge < -0.3 is 9.38 Å². The Morgan fingerprint density at radius 1 is 1.20 bits per heavy atom. The Morgan fingerprint density at radius 3 is 2.93 bits per heavy atom. The monoisotopic (exact) mass is 218 g/mol. The molecule has 0 bridgehead atoms. The number of halogens is 1. The maximum absolute atomic E-state index is 11.5. The molecule has 2 aromatic heterocycles. The zero-order valence-electron chi connectivity index (χ0n) is 7.70. The first kappa shape index (κ1) is 8.56. The number of H-pyrrole nitrogens is 1. The highest BCUT2D eigenvalue weighted by Crippen LogP contribution is 2.21. The molecule has 3 nitrogen and oxygen atoms in total. The van der Waals surface area contributed by atoms with E-state index in [0.717, 1.165) is 10.9 Å². The quantitative estimate of drug-likeness (QED) is 0.618. The van der Waals surface area contributed by atoms with Crippen LogP contribution in [0, 0.1) is 0 Å². The van der Waals surface area contributed by atoms with Gasteiger partial charge in [0.2, 0.25) is 0 Å². The molecule has 3 aromatic rings. The number of rotatable bonds is 0. The van der Waals surface area contributed by atoms with Crippen molar-refractivity contribution < 1.29 is 0 Å². The summed E-state index contributed by atoms with van der Waals surface area (Å²) in [5, 5.41) is 1.68. The number of nitrogens with zero attached hydrogens (tertiary/aromatic N) is 1. The maximum Gasteiger partial charge on any atom is 0.272 e. The maximum atomic E-state index is 11.5. The lowest BCUT2D eigenvalue weighted by Gasteiger charge is -1.95. The predicted molar refractivity (Wildman–Crippen MR) is 60.5 cm³/mol. The molecule has 0 spiro atoms. The first-order valence-corrected chi connectivity index (χ1v) is 4.91. The van der Waals surface area contributed by atoms with Crippen molar-refractivity contribution >= 4 is 28.0 Å². The van der Waals surface area contributed by atoms with Crippen molar-refractivity contribution in [3.63, 3.8) is 0 Å². The number of aromatic amines is 1. The highest BCUT2D eigenvalue weighted by atomic mass is 35.5. The fraction of sp³-hybridized carbons (Fsp3) is 0. The van der Waals surface area contributed by atoms with E-state index in [0.29, 0.717) is 10.5 Å². The zero-order chi connectivity index (χ0) is 10.4. The van der Waals surface area contributed by atoms with Gasteiger partial charge in [0, 0.05) is 22.8 Å². The number of aromatic nitrogens is 2. The predicted octanol–water partition coefficient (Wildman–Crippen LogP) is 2.43. The molecule has 3 rings (SSSR count). The van der Waals surface area contributed by atoms with Crippen LogP contribution in [0.25, 0.3) is 16.4 Å². The summed E-state index contributed by atoms with van der Waals surface area (Å²) in [5.74, 6) is 0. The van der Waals surface area contributed by atoms with Gasteiger partial charge in [-0.05, 0) is 18.2 Å². The van der Waals surface area contributed by atoms with E-state index in [1.165, 1.54) is 0 Å². The largest absolute Gasteiger partial charge is 0.326 e. The van der Waals surface area contributed by atoms with Gasteiger partial charge in [-0.15, -0.1) is 0 Å². The molecule has 0 atom stereocenters. The van der Waals surface area contributed by atoms with E-state index in [1.54, 1.807) is 6.20 Å². The standard InChI is InChI=1S/C11H7ClN2O/c12-8-2-1-7-5-10-11(15)13-3-4-14(10)9(7)6-8/h1-6H,(H,13,15). The van der Waals surface area contributed by atoms with Crippen LogP contribution in [-0.2, 0) is 0 Å². The molecule has 1 aromatic carbocycles. The first-order valence-electron chi connectivity index (χ1n) is 4.54. The fourth-order valence-electron chi connectivity index (χ4n) is 1.79. The molecule has 0 saturated carbocycles. The van der Waals surface area contributed by atoms with E-state index in [2.05, 4.69) is 4.98 Å². The Balaban J connectivity index is 2.64. The smallest absolute Gasteiger partial charge is 0.272 e. The number of benzene rings is 1. The molecule has 15 heavy (non-hydrogen) atoms. The minimum Gasteiger partial charge on any atom is -0.326 e. The number of hydrogen-bond donors (Lipinski definition) is 1. The molecule has 0 unspecified atom stereocenters. The molecule has 2 heterocycles. The summed E-state index contributed by atoms with van der Waals surface area (Å²) in [7, 11) is 0. The highest BCUT2D eigenvalue weighted by molar-refractivity contribution is 6.31. The second kappa shape index (κ2) is 2.87.